The number of pyridine rings is 1. The zero-order chi connectivity index (χ0) is 23.8. The third-order valence-electron chi connectivity index (χ3n) is 5.10. The quantitative estimate of drug-likeness (QED) is 0.297. The minimum Gasteiger partial charge on any atom is -0.457 e. The highest BCUT2D eigenvalue weighted by Crippen LogP contribution is 2.40. The van der Waals surface area contributed by atoms with E-state index in [0.29, 0.717) is 33.0 Å². The van der Waals surface area contributed by atoms with E-state index in [1.165, 1.54) is 36.5 Å². The number of ether oxygens (including phenoxy) is 1. The van der Waals surface area contributed by atoms with Crippen molar-refractivity contribution in [2.75, 3.05) is 5.75 Å². The van der Waals surface area contributed by atoms with Gasteiger partial charge in [0.15, 0.2) is 9.84 Å². The number of halogens is 4. The van der Waals surface area contributed by atoms with Crippen molar-refractivity contribution in [2.45, 2.75) is 18.0 Å². The van der Waals surface area contributed by atoms with Crippen LogP contribution in [0.3, 0.4) is 0 Å². The molecule has 0 amide bonds. The molecule has 0 saturated heterocycles. The molecule has 0 fully saturated rings. The lowest BCUT2D eigenvalue weighted by molar-refractivity contribution is -0.136. The summed E-state index contributed by atoms with van der Waals surface area (Å²) in [6.07, 6.45) is -3.24. The molecule has 0 N–H and O–H groups in total. The zero-order valence-corrected chi connectivity index (χ0v) is 18.8. The van der Waals surface area contributed by atoms with Crippen LogP contribution in [-0.4, -0.2) is 19.2 Å². The van der Waals surface area contributed by atoms with Gasteiger partial charge in [-0.2, -0.15) is 13.2 Å². The van der Waals surface area contributed by atoms with Crippen LogP contribution >= 0.6 is 11.6 Å². The molecule has 0 saturated carbocycles. The smallest absolute Gasteiger partial charge is 0.418 e. The third-order valence-corrected chi connectivity index (χ3v) is 7.18. The van der Waals surface area contributed by atoms with Crippen LogP contribution in [0.25, 0.3) is 22.0 Å². The van der Waals surface area contributed by atoms with Crippen LogP contribution < -0.4 is 4.74 Å². The highest BCUT2D eigenvalue weighted by atomic mass is 35.5. The number of nitrogens with zero attached hydrogens (tertiary/aromatic N) is 1. The van der Waals surface area contributed by atoms with Crippen molar-refractivity contribution in [1.29, 1.82) is 0 Å². The molecule has 0 atom stereocenters. The summed E-state index contributed by atoms with van der Waals surface area (Å²) >= 11 is 6.39. The van der Waals surface area contributed by atoms with Crippen LogP contribution in [-0.2, 0) is 16.0 Å². The van der Waals surface area contributed by atoms with Crippen molar-refractivity contribution in [1.82, 2.24) is 4.98 Å². The molecule has 3 aromatic carbocycles. The summed E-state index contributed by atoms with van der Waals surface area (Å²) in [6, 6.07) is 16.3. The van der Waals surface area contributed by atoms with Crippen LogP contribution in [0.4, 0.5) is 13.2 Å². The zero-order valence-electron chi connectivity index (χ0n) is 17.2. The van der Waals surface area contributed by atoms with Gasteiger partial charge in [0.2, 0.25) is 0 Å². The molecule has 0 aliphatic rings. The van der Waals surface area contributed by atoms with Crippen molar-refractivity contribution >= 4 is 32.3 Å². The summed E-state index contributed by atoms with van der Waals surface area (Å²) in [6.45, 7) is 1.56. The fourth-order valence-electron chi connectivity index (χ4n) is 3.43. The number of rotatable bonds is 5. The van der Waals surface area contributed by atoms with Gasteiger partial charge in [-0.15, -0.1) is 0 Å². The molecule has 0 unspecified atom stereocenters. The second kappa shape index (κ2) is 8.68. The molecular weight excluding hydrogens is 475 g/mol. The first kappa shape index (κ1) is 23.1. The second-order valence-electron chi connectivity index (χ2n) is 7.18. The molecule has 4 nitrogen and oxygen atoms in total. The van der Waals surface area contributed by atoms with Crippen molar-refractivity contribution in [2.24, 2.45) is 0 Å². The molecule has 0 bridgehead atoms. The van der Waals surface area contributed by atoms with E-state index in [0.717, 1.165) is 6.07 Å². The van der Waals surface area contributed by atoms with Gasteiger partial charge in [-0.3, -0.25) is 4.98 Å². The van der Waals surface area contributed by atoms with E-state index < -0.39 is 21.6 Å². The van der Waals surface area contributed by atoms with Gasteiger partial charge in [0.1, 0.15) is 11.5 Å². The van der Waals surface area contributed by atoms with Crippen molar-refractivity contribution in [3.8, 4) is 22.6 Å². The van der Waals surface area contributed by atoms with Gasteiger partial charge in [0.25, 0.3) is 0 Å². The Morgan fingerprint density at radius 1 is 0.939 bits per heavy atom. The number of sulfone groups is 1. The Bertz CT molecular complexity index is 1440. The maximum atomic E-state index is 13.4. The van der Waals surface area contributed by atoms with E-state index in [1.807, 2.05) is 0 Å². The van der Waals surface area contributed by atoms with Gasteiger partial charge in [0.05, 0.1) is 21.7 Å². The Morgan fingerprint density at radius 3 is 2.30 bits per heavy atom. The molecule has 33 heavy (non-hydrogen) atoms. The highest BCUT2D eigenvalue weighted by Gasteiger charge is 2.33. The van der Waals surface area contributed by atoms with E-state index in [2.05, 4.69) is 4.98 Å². The summed E-state index contributed by atoms with van der Waals surface area (Å²) < 4.78 is 70.1. The van der Waals surface area contributed by atoms with Gasteiger partial charge < -0.3 is 4.74 Å². The third kappa shape index (κ3) is 4.67. The maximum Gasteiger partial charge on any atom is 0.418 e. The van der Waals surface area contributed by atoms with E-state index in [4.69, 9.17) is 16.3 Å². The average Bonchev–Trinajstić information content (AvgIpc) is 2.79. The summed E-state index contributed by atoms with van der Waals surface area (Å²) in [5.74, 6) is 0.777. The predicted octanol–water partition coefficient (Wildman–Crippen LogP) is 7.16. The number of aromatic nitrogens is 1. The minimum atomic E-state index is -4.54. The fraction of sp³-hybridized carbons (Fsp3) is 0.125. The fourth-order valence-corrected chi connectivity index (χ4v) is 4.54. The first-order valence-electron chi connectivity index (χ1n) is 9.85. The second-order valence-corrected chi connectivity index (χ2v) is 9.86. The molecule has 170 valence electrons. The largest absolute Gasteiger partial charge is 0.457 e. The summed E-state index contributed by atoms with van der Waals surface area (Å²) in [7, 11) is -3.33. The molecule has 0 aliphatic heterocycles. The Kier molecular flexibility index (Phi) is 6.07. The predicted molar refractivity (Wildman–Crippen MR) is 121 cm³/mol. The molecule has 0 spiro atoms. The van der Waals surface area contributed by atoms with Crippen LogP contribution in [0.5, 0.6) is 11.5 Å². The number of hydrogen-bond donors (Lipinski definition) is 0. The summed E-state index contributed by atoms with van der Waals surface area (Å²) in [5.41, 5.74) is -0.0397. The van der Waals surface area contributed by atoms with Crippen LogP contribution in [0.1, 0.15) is 12.5 Å². The number of benzene rings is 3. The lowest BCUT2D eigenvalue weighted by Gasteiger charge is -2.14. The van der Waals surface area contributed by atoms with Crippen LogP contribution in [0.2, 0.25) is 5.02 Å². The first-order valence-corrected chi connectivity index (χ1v) is 11.9. The van der Waals surface area contributed by atoms with Gasteiger partial charge in [-0.25, -0.2) is 8.42 Å². The van der Waals surface area contributed by atoms with Crippen molar-refractivity contribution in [3.05, 3.63) is 83.5 Å². The number of fused-ring (bicyclic) bond motifs is 1. The van der Waals surface area contributed by atoms with Gasteiger partial charge in [-0.1, -0.05) is 30.7 Å². The van der Waals surface area contributed by atoms with Gasteiger partial charge in [-0.05, 0) is 60.2 Å². The Balaban J connectivity index is 1.74. The average molecular weight is 492 g/mol. The van der Waals surface area contributed by atoms with Gasteiger partial charge >= 0.3 is 6.18 Å². The number of para-hydroxylation sites is 1. The van der Waals surface area contributed by atoms with Gasteiger partial charge in [0, 0.05) is 22.2 Å². The molecular formula is C24H17ClF3NO3S. The lowest BCUT2D eigenvalue weighted by Crippen LogP contribution is -2.06. The Hall–Kier alpha value is -3.10. The molecule has 9 heteroatoms. The van der Waals surface area contributed by atoms with Crippen LogP contribution in [0.15, 0.2) is 77.8 Å². The first-order chi connectivity index (χ1) is 15.6. The SMILES string of the molecule is CCS(=O)(=O)c1ccc(Oc2ccc(Cl)c(-c3ccnc4c(C(F)(F)F)cccc34)c2)cc1. The maximum absolute atomic E-state index is 13.4. The molecule has 0 aliphatic carbocycles. The minimum absolute atomic E-state index is 0.0102. The molecule has 4 rings (SSSR count). The Morgan fingerprint density at radius 2 is 1.64 bits per heavy atom. The molecule has 1 heterocycles. The summed E-state index contributed by atoms with van der Waals surface area (Å²) in [5, 5.41) is 0.636. The monoisotopic (exact) mass is 491 g/mol. The molecule has 0 radical (unpaired) electrons. The molecule has 4 aromatic rings. The van der Waals surface area contributed by atoms with E-state index in [9.17, 15) is 21.6 Å². The van der Waals surface area contributed by atoms with Crippen molar-refractivity contribution in [3.63, 3.8) is 0 Å². The number of alkyl halides is 3. The van der Waals surface area contributed by atoms with Crippen molar-refractivity contribution < 1.29 is 26.3 Å². The van der Waals surface area contributed by atoms with Crippen LogP contribution in [0, 0.1) is 0 Å². The van der Waals surface area contributed by atoms with E-state index in [1.54, 1.807) is 37.3 Å². The normalized spacial score (nSPS) is 12.2. The standard InChI is InChI=1S/C24H17ClF3NO3S/c1-2-33(30,31)17-9-6-15(7-10-17)32-16-8-11-22(25)20(14-16)18-12-13-29-23-19(18)4-3-5-21(23)24(26,27)28/h3-14H,2H2,1H3. The van der Waals surface area contributed by atoms with E-state index >= 15 is 0 Å². The molecule has 1 aromatic heterocycles. The lowest BCUT2D eigenvalue weighted by atomic mass is 9.99. The summed E-state index contributed by atoms with van der Waals surface area (Å²) in [4.78, 5) is 4.14. The highest BCUT2D eigenvalue weighted by molar-refractivity contribution is 7.91. The number of hydrogen-bond acceptors (Lipinski definition) is 4. The Labute approximate surface area is 193 Å². The van der Waals surface area contributed by atoms with E-state index in [-0.39, 0.29) is 16.2 Å². The topological polar surface area (TPSA) is 56.3 Å².